The Morgan fingerprint density at radius 1 is 1.43 bits per heavy atom. The molecule has 0 aliphatic carbocycles. The van der Waals surface area contributed by atoms with Gasteiger partial charge in [-0.3, -0.25) is 0 Å². The van der Waals surface area contributed by atoms with Crippen LogP contribution < -0.4 is 11.5 Å². The van der Waals surface area contributed by atoms with Gasteiger partial charge in [-0.1, -0.05) is 15.9 Å². The molecule has 0 saturated carbocycles. The van der Waals surface area contributed by atoms with E-state index in [1.165, 1.54) is 12.3 Å². The average Bonchev–Trinajstić information content (AvgIpc) is 2.08. The van der Waals surface area contributed by atoms with Crippen LogP contribution in [0.15, 0.2) is 32.9 Å². The van der Waals surface area contributed by atoms with Crippen molar-refractivity contribution in [2.45, 2.75) is 0 Å². The Morgan fingerprint density at radius 2 is 2.14 bits per heavy atom. The molecule has 1 aromatic rings. The van der Waals surface area contributed by atoms with Crippen LogP contribution in [0.1, 0.15) is 5.56 Å². The minimum Gasteiger partial charge on any atom is -0.369 e. The minimum absolute atomic E-state index is 0.168. The molecule has 0 bridgehead atoms. The van der Waals surface area contributed by atoms with E-state index in [-0.39, 0.29) is 5.96 Å². The van der Waals surface area contributed by atoms with E-state index in [2.05, 4.69) is 26.1 Å². The number of nitrogens with zero attached hydrogens (tertiary/aromatic N) is 2. The molecule has 0 unspecified atom stereocenters. The lowest BCUT2D eigenvalue weighted by atomic mass is 10.2. The van der Waals surface area contributed by atoms with Gasteiger partial charge in [0.15, 0.2) is 0 Å². The Balaban J connectivity index is 2.87. The molecule has 1 aromatic carbocycles. The highest BCUT2D eigenvalue weighted by molar-refractivity contribution is 9.10. The van der Waals surface area contributed by atoms with E-state index in [0.29, 0.717) is 10.0 Å². The first kappa shape index (κ1) is 10.6. The topological polar surface area (TPSA) is 76.8 Å². The van der Waals surface area contributed by atoms with Crippen molar-refractivity contribution in [2.75, 3.05) is 0 Å². The van der Waals surface area contributed by atoms with Gasteiger partial charge in [0.2, 0.25) is 5.96 Å². The van der Waals surface area contributed by atoms with Crippen molar-refractivity contribution in [3.05, 3.63) is 34.1 Å². The predicted molar refractivity (Wildman–Crippen MR) is 57.5 cm³/mol. The molecule has 0 heterocycles. The summed E-state index contributed by atoms with van der Waals surface area (Å²) in [6, 6.07) is 4.59. The summed E-state index contributed by atoms with van der Waals surface area (Å²) >= 11 is 3.14. The first-order valence-corrected chi connectivity index (χ1v) is 4.46. The van der Waals surface area contributed by atoms with Crippen LogP contribution in [0, 0.1) is 5.82 Å². The monoisotopic (exact) mass is 258 g/mol. The van der Waals surface area contributed by atoms with Crippen LogP contribution in [0.3, 0.4) is 0 Å². The van der Waals surface area contributed by atoms with Gasteiger partial charge in [-0.2, -0.15) is 5.10 Å². The van der Waals surface area contributed by atoms with E-state index in [4.69, 9.17) is 11.5 Å². The Hall–Kier alpha value is -1.43. The van der Waals surface area contributed by atoms with E-state index >= 15 is 0 Å². The van der Waals surface area contributed by atoms with Crippen LogP contribution in [0.5, 0.6) is 0 Å². The summed E-state index contributed by atoms with van der Waals surface area (Å²) in [6.45, 7) is 0. The molecule has 0 aliphatic rings. The first-order valence-electron chi connectivity index (χ1n) is 3.66. The third-order valence-electron chi connectivity index (χ3n) is 1.33. The number of nitrogens with two attached hydrogens (primary N) is 2. The highest BCUT2D eigenvalue weighted by Crippen LogP contribution is 2.13. The number of hydrogen-bond donors (Lipinski definition) is 2. The van der Waals surface area contributed by atoms with Crippen molar-refractivity contribution in [3.63, 3.8) is 0 Å². The molecular formula is C8H8BrFN4. The third kappa shape index (κ3) is 3.14. The Bertz CT molecular complexity index is 385. The van der Waals surface area contributed by atoms with Gasteiger partial charge in [0, 0.05) is 10.0 Å². The van der Waals surface area contributed by atoms with Crippen LogP contribution in [-0.4, -0.2) is 12.2 Å². The Kier molecular flexibility index (Phi) is 3.58. The summed E-state index contributed by atoms with van der Waals surface area (Å²) in [5.41, 5.74) is 10.4. The molecule has 0 spiro atoms. The average molecular weight is 259 g/mol. The summed E-state index contributed by atoms with van der Waals surface area (Å²) in [7, 11) is 0. The predicted octanol–water partition coefficient (Wildman–Crippen LogP) is 1.20. The Labute approximate surface area is 88.6 Å². The van der Waals surface area contributed by atoms with Gasteiger partial charge in [-0.25, -0.2) is 4.39 Å². The number of rotatable bonds is 2. The quantitative estimate of drug-likeness (QED) is 0.475. The van der Waals surface area contributed by atoms with Crippen LogP contribution in [-0.2, 0) is 0 Å². The van der Waals surface area contributed by atoms with Gasteiger partial charge in [0.05, 0.1) is 6.21 Å². The maximum absolute atomic E-state index is 13.1. The molecule has 4 N–H and O–H groups in total. The molecule has 0 saturated heterocycles. The summed E-state index contributed by atoms with van der Waals surface area (Å²) in [4.78, 5) is 0. The van der Waals surface area contributed by atoms with Crippen molar-refractivity contribution in [1.82, 2.24) is 0 Å². The molecule has 1 rings (SSSR count). The third-order valence-corrected chi connectivity index (χ3v) is 1.83. The fourth-order valence-electron chi connectivity index (χ4n) is 0.764. The fraction of sp³-hybridized carbons (Fsp3) is 0. The van der Waals surface area contributed by atoms with Crippen LogP contribution in [0.25, 0.3) is 0 Å². The molecule has 0 aromatic heterocycles. The highest BCUT2D eigenvalue weighted by atomic mass is 79.9. The molecule has 74 valence electrons. The lowest BCUT2D eigenvalue weighted by Gasteiger charge is -1.95. The number of hydrogen-bond acceptors (Lipinski definition) is 2. The van der Waals surface area contributed by atoms with Crippen molar-refractivity contribution in [2.24, 2.45) is 21.7 Å². The number of halogens is 2. The normalized spacial score (nSPS) is 10.4. The van der Waals surface area contributed by atoms with Crippen molar-refractivity contribution >= 4 is 28.1 Å². The smallest absolute Gasteiger partial charge is 0.211 e. The largest absolute Gasteiger partial charge is 0.369 e. The second-order valence-electron chi connectivity index (χ2n) is 2.44. The maximum atomic E-state index is 13.1. The van der Waals surface area contributed by atoms with Crippen LogP contribution in [0.2, 0.25) is 0 Å². The lowest BCUT2D eigenvalue weighted by Crippen LogP contribution is -2.21. The van der Waals surface area contributed by atoms with Gasteiger partial charge < -0.3 is 11.5 Å². The van der Waals surface area contributed by atoms with E-state index in [1.807, 2.05) is 0 Å². The SMILES string of the molecule is NC(N)=NN=Cc1ccc(Br)cc1F. The van der Waals surface area contributed by atoms with Gasteiger partial charge in [0.1, 0.15) is 5.82 Å². The summed E-state index contributed by atoms with van der Waals surface area (Å²) in [6.07, 6.45) is 1.24. The van der Waals surface area contributed by atoms with E-state index in [0.717, 1.165) is 0 Å². The van der Waals surface area contributed by atoms with Gasteiger partial charge in [-0.15, -0.1) is 5.10 Å². The van der Waals surface area contributed by atoms with E-state index in [1.54, 1.807) is 12.1 Å². The van der Waals surface area contributed by atoms with Crippen molar-refractivity contribution in [3.8, 4) is 0 Å². The van der Waals surface area contributed by atoms with Crippen LogP contribution >= 0.6 is 15.9 Å². The maximum Gasteiger partial charge on any atom is 0.211 e. The standard InChI is InChI=1S/C8H8BrFN4/c9-6-2-1-5(7(10)3-6)4-13-14-8(11)12/h1-4H,(H4,11,12,14). The zero-order valence-electron chi connectivity index (χ0n) is 7.11. The molecule has 0 radical (unpaired) electrons. The second kappa shape index (κ2) is 4.71. The molecular weight excluding hydrogens is 251 g/mol. The molecule has 0 fully saturated rings. The van der Waals surface area contributed by atoms with Gasteiger partial charge in [-0.05, 0) is 18.2 Å². The highest BCUT2D eigenvalue weighted by Gasteiger charge is 1.98. The summed E-state index contributed by atoms with van der Waals surface area (Å²) < 4.78 is 13.8. The van der Waals surface area contributed by atoms with Crippen LogP contribution in [0.4, 0.5) is 4.39 Å². The summed E-state index contributed by atoms with van der Waals surface area (Å²) in [5, 5.41) is 6.84. The zero-order valence-corrected chi connectivity index (χ0v) is 8.70. The van der Waals surface area contributed by atoms with Crippen molar-refractivity contribution in [1.29, 1.82) is 0 Å². The molecule has 0 aliphatic heterocycles. The molecule has 6 heteroatoms. The fourth-order valence-corrected chi connectivity index (χ4v) is 1.10. The van der Waals surface area contributed by atoms with Gasteiger partial charge >= 0.3 is 0 Å². The minimum atomic E-state index is -0.395. The van der Waals surface area contributed by atoms with Gasteiger partial charge in [0.25, 0.3) is 0 Å². The molecule has 0 atom stereocenters. The molecule has 14 heavy (non-hydrogen) atoms. The molecule has 0 amide bonds. The summed E-state index contributed by atoms with van der Waals surface area (Å²) in [5.74, 6) is -0.562. The lowest BCUT2D eigenvalue weighted by molar-refractivity contribution is 0.625. The Morgan fingerprint density at radius 3 is 2.71 bits per heavy atom. The second-order valence-corrected chi connectivity index (χ2v) is 3.35. The first-order chi connectivity index (χ1) is 6.59. The number of guanidine groups is 1. The van der Waals surface area contributed by atoms with E-state index in [9.17, 15) is 4.39 Å². The van der Waals surface area contributed by atoms with Crippen molar-refractivity contribution < 1.29 is 4.39 Å². The molecule has 4 nitrogen and oxygen atoms in total. The van der Waals surface area contributed by atoms with E-state index < -0.39 is 5.82 Å². The number of benzene rings is 1. The zero-order chi connectivity index (χ0) is 10.6.